The molecule has 7 heteroatoms. The van der Waals surface area contributed by atoms with Gasteiger partial charge in [-0.15, -0.1) is 0 Å². The van der Waals surface area contributed by atoms with Gasteiger partial charge in [-0.05, 0) is 12.1 Å². The number of nitrogens with one attached hydrogen (secondary N) is 1. The van der Waals surface area contributed by atoms with Gasteiger partial charge in [0, 0.05) is 17.8 Å². The van der Waals surface area contributed by atoms with Crippen molar-refractivity contribution in [2.75, 3.05) is 12.4 Å². The molecule has 7 nitrogen and oxygen atoms in total. The first-order valence-corrected chi connectivity index (χ1v) is 4.18. The minimum Gasteiger partial charge on any atom is -0.462 e. The summed E-state index contributed by atoms with van der Waals surface area (Å²) in [5.74, 6) is -1.96. The Morgan fingerprint density at radius 1 is 1.31 bits per heavy atom. The summed E-state index contributed by atoms with van der Waals surface area (Å²) in [4.78, 5) is 31.6. The molecule has 0 atom stereocenters. The number of ether oxygens (including phenoxy) is 1. The van der Waals surface area contributed by atoms with Gasteiger partial charge < -0.3 is 10.1 Å². The van der Waals surface area contributed by atoms with E-state index in [-0.39, 0.29) is 11.4 Å². The Morgan fingerprint density at radius 2 is 1.88 bits per heavy atom. The first-order valence-electron chi connectivity index (χ1n) is 4.18. The maximum Gasteiger partial charge on any atom is 0.396 e. The van der Waals surface area contributed by atoms with Crippen LogP contribution < -0.4 is 5.32 Å². The molecule has 1 N–H and O–H groups in total. The molecule has 0 aliphatic rings. The SMILES string of the molecule is COC(=O)C(=O)Nc1ccc([N+](=O)[O-])cc1. The zero-order valence-electron chi connectivity index (χ0n) is 8.30. The molecule has 0 saturated heterocycles. The van der Waals surface area contributed by atoms with Crippen molar-refractivity contribution in [1.82, 2.24) is 0 Å². The van der Waals surface area contributed by atoms with Crippen LogP contribution in [0.5, 0.6) is 0 Å². The highest BCUT2D eigenvalue weighted by molar-refractivity contribution is 6.37. The van der Waals surface area contributed by atoms with Crippen LogP contribution >= 0.6 is 0 Å². The maximum absolute atomic E-state index is 11.0. The normalized spacial score (nSPS) is 9.31. The number of methoxy groups -OCH3 is 1. The first-order chi connectivity index (χ1) is 7.54. The molecule has 0 aromatic heterocycles. The fourth-order valence-electron chi connectivity index (χ4n) is 0.941. The van der Waals surface area contributed by atoms with E-state index in [1.54, 1.807) is 0 Å². The highest BCUT2D eigenvalue weighted by atomic mass is 16.6. The predicted molar refractivity (Wildman–Crippen MR) is 53.7 cm³/mol. The molecule has 0 aliphatic heterocycles. The van der Waals surface area contributed by atoms with E-state index in [4.69, 9.17) is 0 Å². The van der Waals surface area contributed by atoms with Gasteiger partial charge >= 0.3 is 11.9 Å². The predicted octanol–water partition coefficient (Wildman–Crippen LogP) is 0.706. The summed E-state index contributed by atoms with van der Waals surface area (Å²) in [6, 6.07) is 5.07. The number of hydrogen-bond donors (Lipinski definition) is 1. The number of carbonyl (C=O) groups excluding carboxylic acids is 2. The minimum atomic E-state index is -1.03. The van der Waals surface area contributed by atoms with Gasteiger partial charge in [0.1, 0.15) is 0 Å². The Labute approximate surface area is 90.2 Å². The molecule has 0 unspecified atom stereocenters. The van der Waals surface area contributed by atoms with E-state index in [9.17, 15) is 19.7 Å². The molecular formula is C9H8N2O5. The van der Waals surface area contributed by atoms with E-state index in [0.29, 0.717) is 0 Å². The maximum atomic E-state index is 11.0. The lowest BCUT2D eigenvalue weighted by Gasteiger charge is -2.02. The standard InChI is InChI=1S/C9H8N2O5/c1-16-9(13)8(12)10-6-2-4-7(5-3-6)11(14)15/h2-5H,1H3,(H,10,12). The molecule has 0 saturated carbocycles. The average molecular weight is 224 g/mol. The molecule has 1 rings (SSSR count). The van der Waals surface area contributed by atoms with Gasteiger partial charge in [0.25, 0.3) is 5.69 Å². The van der Waals surface area contributed by atoms with Crippen LogP contribution in [-0.4, -0.2) is 23.9 Å². The van der Waals surface area contributed by atoms with E-state index in [0.717, 1.165) is 7.11 Å². The second-order valence-corrected chi connectivity index (χ2v) is 2.75. The van der Waals surface area contributed by atoms with Crippen molar-refractivity contribution in [3.63, 3.8) is 0 Å². The van der Waals surface area contributed by atoms with Crippen molar-refractivity contribution >= 4 is 23.3 Å². The van der Waals surface area contributed by atoms with Crippen molar-refractivity contribution in [2.24, 2.45) is 0 Å². The smallest absolute Gasteiger partial charge is 0.396 e. The van der Waals surface area contributed by atoms with Crippen molar-refractivity contribution in [3.8, 4) is 0 Å². The lowest BCUT2D eigenvalue weighted by molar-refractivity contribution is -0.384. The zero-order valence-corrected chi connectivity index (χ0v) is 8.30. The zero-order chi connectivity index (χ0) is 12.1. The Morgan fingerprint density at radius 3 is 2.31 bits per heavy atom. The number of nitrogens with zero attached hydrogens (tertiary/aromatic N) is 1. The molecule has 0 spiro atoms. The molecule has 1 aromatic carbocycles. The topological polar surface area (TPSA) is 98.5 Å². The van der Waals surface area contributed by atoms with Crippen LogP contribution in [-0.2, 0) is 14.3 Å². The molecule has 0 aliphatic carbocycles. The van der Waals surface area contributed by atoms with Crippen LogP contribution in [0.15, 0.2) is 24.3 Å². The number of esters is 1. The number of amides is 1. The molecule has 84 valence electrons. The van der Waals surface area contributed by atoms with Gasteiger partial charge in [0.15, 0.2) is 0 Å². The van der Waals surface area contributed by atoms with Gasteiger partial charge in [-0.25, -0.2) is 4.79 Å². The summed E-state index contributed by atoms with van der Waals surface area (Å²) < 4.78 is 4.19. The summed E-state index contributed by atoms with van der Waals surface area (Å²) in [7, 11) is 1.08. The third-order valence-electron chi connectivity index (χ3n) is 1.71. The second-order valence-electron chi connectivity index (χ2n) is 2.75. The Hall–Kier alpha value is -2.44. The van der Waals surface area contributed by atoms with E-state index in [2.05, 4.69) is 10.1 Å². The summed E-state index contributed by atoms with van der Waals surface area (Å²) in [5.41, 5.74) is 0.178. The lowest BCUT2D eigenvalue weighted by Crippen LogP contribution is -2.23. The van der Waals surface area contributed by atoms with E-state index in [1.165, 1.54) is 24.3 Å². The molecule has 1 amide bonds. The summed E-state index contributed by atoms with van der Waals surface area (Å²) >= 11 is 0. The molecule has 0 radical (unpaired) electrons. The molecular weight excluding hydrogens is 216 g/mol. The first kappa shape index (κ1) is 11.6. The van der Waals surface area contributed by atoms with Gasteiger partial charge in [0.2, 0.25) is 0 Å². The number of non-ortho nitro benzene ring substituents is 1. The molecule has 1 aromatic rings. The van der Waals surface area contributed by atoms with Crippen molar-refractivity contribution in [3.05, 3.63) is 34.4 Å². The average Bonchev–Trinajstić information content (AvgIpc) is 2.28. The van der Waals surface area contributed by atoms with Gasteiger partial charge in [-0.3, -0.25) is 14.9 Å². The van der Waals surface area contributed by atoms with Crippen LogP contribution in [0.2, 0.25) is 0 Å². The van der Waals surface area contributed by atoms with Crippen molar-refractivity contribution in [2.45, 2.75) is 0 Å². The minimum absolute atomic E-state index is 0.101. The summed E-state index contributed by atoms with van der Waals surface area (Å²) in [5, 5.41) is 12.6. The molecule has 0 fully saturated rings. The van der Waals surface area contributed by atoms with Gasteiger partial charge in [-0.1, -0.05) is 0 Å². The fourth-order valence-corrected chi connectivity index (χ4v) is 0.941. The highest BCUT2D eigenvalue weighted by Gasteiger charge is 2.14. The van der Waals surface area contributed by atoms with Crippen molar-refractivity contribution in [1.29, 1.82) is 0 Å². The largest absolute Gasteiger partial charge is 0.462 e. The third-order valence-corrected chi connectivity index (χ3v) is 1.71. The summed E-state index contributed by atoms with van der Waals surface area (Å²) in [6.07, 6.45) is 0. The fraction of sp³-hybridized carbons (Fsp3) is 0.111. The van der Waals surface area contributed by atoms with E-state index < -0.39 is 16.8 Å². The van der Waals surface area contributed by atoms with E-state index >= 15 is 0 Å². The number of carbonyl (C=O) groups is 2. The summed E-state index contributed by atoms with van der Waals surface area (Å²) in [6.45, 7) is 0. The monoisotopic (exact) mass is 224 g/mol. The molecule has 0 bridgehead atoms. The van der Waals surface area contributed by atoms with Crippen LogP contribution in [0, 0.1) is 10.1 Å². The third kappa shape index (κ3) is 2.77. The Bertz CT molecular complexity index is 426. The van der Waals surface area contributed by atoms with Gasteiger partial charge in [-0.2, -0.15) is 0 Å². The van der Waals surface area contributed by atoms with Crippen LogP contribution in [0.4, 0.5) is 11.4 Å². The number of anilines is 1. The number of hydrogen-bond acceptors (Lipinski definition) is 5. The Kier molecular flexibility index (Phi) is 3.54. The highest BCUT2D eigenvalue weighted by Crippen LogP contribution is 2.15. The Balaban J connectivity index is 2.72. The van der Waals surface area contributed by atoms with Crippen LogP contribution in [0.1, 0.15) is 0 Å². The van der Waals surface area contributed by atoms with Crippen LogP contribution in [0.25, 0.3) is 0 Å². The van der Waals surface area contributed by atoms with Crippen molar-refractivity contribution < 1.29 is 19.2 Å². The number of rotatable bonds is 2. The number of nitro groups is 1. The molecule has 16 heavy (non-hydrogen) atoms. The number of benzene rings is 1. The van der Waals surface area contributed by atoms with Gasteiger partial charge in [0.05, 0.1) is 12.0 Å². The van der Waals surface area contributed by atoms with E-state index in [1.807, 2.05) is 0 Å². The van der Waals surface area contributed by atoms with Crippen LogP contribution in [0.3, 0.4) is 0 Å². The quantitative estimate of drug-likeness (QED) is 0.345. The second kappa shape index (κ2) is 4.87. The lowest BCUT2D eigenvalue weighted by atomic mass is 10.3. The molecule has 0 heterocycles. The number of nitro benzene ring substituents is 1.